The lowest BCUT2D eigenvalue weighted by Gasteiger charge is -2.24. The zero-order valence-electron chi connectivity index (χ0n) is 14.3. The van der Waals surface area contributed by atoms with E-state index in [0.29, 0.717) is 0 Å². The van der Waals surface area contributed by atoms with Crippen molar-refractivity contribution in [3.05, 3.63) is 24.3 Å². The minimum Gasteiger partial charge on any atom is -0.438 e. The summed E-state index contributed by atoms with van der Waals surface area (Å²) in [5.74, 6) is 0. The van der Waals surface area contributed by atoms with Crippen LogP contribution in [0, 0.1) is 0 Å². The fourth-order valence-corrected chi connectivity index (χ4v) is 2.20. The Balaban J connectivity index is 4.31. The van der Waals surface area contributed by atoms with E-state index in [4.69, 9.17) is 4.74 Å². The molecule has 0 fully saturated rings. The second kappa shape index (κ2) is 13.4. The summed E-state index contributed by atoms with van der Waals surface area (Å²) in [5.41, 5.74) is -0.724. The Labute approximate surface area is 135 Å². The van der Waals surface area contributed by atoms with E-state index in [2.05, 4.69) is 18.6 Å². The molecule has 0 bridgehead atoms. The average Bonchev–Trinajstić information content (AvgIpc) is 2.51. The van der Waals surface area contributed by atoms with Gasteiger partial charge in [-0.05, 0) is 18.9 Å². The highest BCUT2D eigenvalue weighted by Gasteiger charge is 2.21. The van der Waals surface area contributed by atoms with Crippen LogP contribution in [0.5, 0.6) is 0 Å². The fraction of sp³-hybridized carbons (Fsp3) is 0.722. The quantitative estimate of drug-likeness (QED) is 0.320. The van der Waals surface area contributed by atoms with Gasteiger partial charge in [-0.25, -0.2) is 4.79 Å². The van der Waals surface area contributed by atoms with Crippen LogP contribution >= 0.6 is 0 Å². The van der Waals surface area contributed by atoms with Crippen molar-refractivity contribution < 1.29 is 19.4 Å². The molecule has 0 atom stereocenters. The molecular weight excluding hydrogens is 280 g/mol. The van der Waals surface area contributed by atoms with Crippen LogP contribution in [0.1, 0.15) is 65.2 Å². The fourth-order valence-electron chi connectivity index (χ4n) is 2.20. The number of unbranched alkanes of at least 4 members (excludes halogenated alkanes) is 4. The highest BCUT2D eigenvalue weighted by Crippen LogP contribution is 2.24. The summed E-state index contributed by atoms with van der Waals surface area (Å²) in [7, 11) is 1.28. The Hall–Kier alpha value is -1.29. The number of hydrogen-bond acceptors (Lipinski definition) is 4. The van der Waals surface area contributed by atoms with E-state index in [0.717, 1.165) is 51.4 Å². The predicted octanol–water partition coefficient (Wildman–Crippen LogP) is 4.77. The van der Waals surface area contributed by atoms with Gasteiger partial charge in [-0.1, -0.05) is 70.6 Å². The van der Waals surface area contributed by atoms with E-state index in [9.17, 15) is 9.90 Å². The van der Waals surface area contributed by atoms with Crippen molar-refractivity contribution in [3.8, 4) is 0 Å². The molecule has 0 radical (unpaired) electrons. The largest absolute Gasteiger partial charge is 0.508 e. The third-order valence-corrected chi connectivity index (χ3v) is 3.54. The summed E-state index contributed by atoms with van der Waals surface area (Å²) in [6.45, 7) is 4.49. The van der Waals surface area contributed by atoms with Gasteiger partial charge in [0.1, 0.15) is 6.61 Å². The lowest BCUT2D eigenvalue weighted by atomic mass is 9.89. The van der Waals surface area contributed by atoms with E-state index in [1.165, 1.54) is 7.11 Å². The molecule has 0 saturated carbocycles. The maximum Gasteiger partial charge on any atom is 0.508 e. The van der Waals surface area contributed by atoms with E-state index >= 15 is 0 Å². The van der Waals surface area contributed by atoms with Crippen molar-refractivity contribution in [2.24, 2.45) is 0 Å². The first-order chi connectivity index (χ1) is 10.6. The van der Waals surface area contributed by atoms with Crippen LogP contribution in [0.4, 0.5) is 4.79 Å². The number of methoxy groups -OCH3 is 1. The molecule has 1 N–H and O–H groups in total. The van der Waals surface area contributed by atoms with Crippen molar-refractivity contribution in [1.82, 2.24) is 0 Å². The van der Waals surface area contributed by atoms with E-state index in [-0.39, 0.29) is 6.61 Å². The van der Waals surface area contributed by atoms with Gasteiger partial charge in [-0.2, -0.15) is 0 Å². The van der Waals surface area contributed by atoms with Crippen LogP contribution < -0.4 is 0 Å². The summed E-state index contributed by atoms with van der Waals surface area (Å²) < 4.78 is 9.11. The van der Waals surface area contributed by atoms with Crippen molar-refractivity contribution in [3.63, 3.8) is 0 Å². The molecular formula is C18H32O4. The lowest BCUT2D eigenvalue weighted by Crippen LogP contribution is -2.25. The summed E-state index contributed by atoms with van der Waals surface area (Å²) in [6, 6.07) is 0. The molecule has 4 heteroatoms. The number of rotatable bonds is 12. The van der Waals surface area contributed by atoms with Crippen LogP contribution in [0.15, 0.2) is 24.3 Å². The van der Waals surface area contributed by atoms with Crippen molar-refractivity contribution in [2.75, 3.05) is 13.7 Å². The molecule has 0 rings (SSSR count). The summed E-state index contributed by atoms with van der Waals surface area (Å²) in [4.78, 5) is 10.8. The number of aliphatic hydroxyl groups is 1. The van der Waals surface area contributed by atoms with Gasteiger partial charge in [0.2, 0.25) is 0 Å². The molecule has 0 spiro atoms. The van der Waals surface area contributed by atoms with Gasteiger partial charge in [-0.15, -0.1) is 0 Å². The van der Waals surface area contributed by atoms with Crippen LogP contribution in [0.3, 0.4) is 0 Å². The molecule has 22 heavy (non-hydrogen) atoms. The molecule has 0 unspecified atom stereocenters. The SMILES string of the molecule is CCCCCC(O)(/C=C/C=C\COC(=O)OC)CCCCC. The summed E-state index contributed by atoms with van der Waals surface area (Å²) in [6.07, 6.45) is 14.8. The lowest BCUT2D eigenvalue weighted by molar-refractivity contribution is 0.0665. The smallest absolute Gasteiger partial charge is 0.438 e. The van der Waals surface area contributed by atoms with Crippen LogP contribution in [-0.2, 0) is 9.47 Å². The van der Waals surface area contributed by atoms with E-state index in [1.54, 1.807) is 12.2 Å². The topological polar surface area (TPSA) is 55.8 Å². The molecule has 0 aliphatic carbocycles. The van der Waals surface area contributed by atoms with Gasteiger partial charge in [0.05, 0.1) is 12.7 Å². The van der Waals surface area contributed by atoms with Gasteiger partial charge in [0.15, 0.2) is 0 Å². The molecule has 0 aromatic carbocycles. The van der Waals surface area contributed by atoms with Gasteiger partial charge >= 0.3 is 6.16 Å². The molecule has 0 aliphatic heterocycles. The van der Waals surface area contributed by atoms with Gasteiger partial charge in [0, 0.05) is 0 Å². The first-order valence-corrected chi connectivity index (χ1v) is 8.35. The molecule has 0 aliphatic rings. The third kappa shape index (κ3) is 11.4. The monoisotopic (exact) mass is 312 g/mol. The molecule has 128 valence electrons. The second-order valence-corrected chi connectivity index (χ2v) is 5.57. The van der Waals surface area contributed by atoms with E-state index < -0.39 is 11.8 Å². The van der Waals surface area contributed by atoms with Crippen molar-refractivity contribution in [2.45, 2.75) is 70.8 Å². The number of allylic oxidation sites excluding steroid dienone is 2. The van der Waals surface area contributed by atoms with Crippen molar-refractivity contribution >= 4 is 6.16 Å². The Morgan fingerprint density at radius 3 is 2.14 bits per heavy atom. The summed E-state index contributed by atoms with van der Waals surface area (Å²) in [5, 5.41) is 10.7. The second-order valence-electron chi connectivity index (χ2n) is 5.57. The van der Waals surface area contributed by atoms with Crippen LogP contribution in [0.2, 0.25) is 0 Å². The maximum atomic E-state index is 10.8. The van der Waals surface area contributed by atoms with Gasteiger partial charge in [0.25, 0.3) is 0 Å². The Bertz CT molecular complexity index is 324. The van der Waals surface area contributed by atoms with Gasteiger partial charge in [-0.3, -0.25) is 0 Å². The Kier molecular flexibility index (Phi) is 12.6. The molecule has 4 nitrogen and oxygen atoms in total. The number of carbonyl (C=O) groups excluding carboxylic acids is 1. The summed E-state index contributed by atoms with van der Waals surface area (Å²) >= 11 is 0. The number of carbonyl (C=O) groups is 1. The molecule has 0 amide bonds. The minimum absolute atomic E-state index is 0.168. The highest BCUT2D eigenvalue weighted by molar-refractivity contribution is 5.59. The maximum absolute atomic E-state index is 10.8. The highest BCUT2D eigenvalue weighted by atomic mass is 16.7. The van der Waals surface area contributed by atoms with Gasteiger partial charge < -0.3 is 14.6 Å². The normalized spacial score (nSPS) is 12.2. The van der Waals surface area contributed by atoms with Crippen LogP contribution in [0.25, 0.3) is 0 Å². The Morgan fingerprint density at radius 2 is 1.64 bits per heavy atom. The van der Waals surface area contributed by atoms with Crippen LogP contribution in [-0.4, -0.2) is 30.6 Å². The zero-order valence-corrected chi connectivity index (χ0v) is 14.3. The first kappa shape index (κ1) is 20.7. The standard InChI is InChI=1S/C18H32O4/c1-4-6-9-13-18(20,14-10-7-5-2)15-11-8-12-16-22-17(19)21-3/h8,11-12,15,20H,4-7,9-10,13-14,16H2,1-3H3/b12-8-,15-11+. The van der Waals surface area contributed by atoms with Crippen molar-refractivity contribution in [1.29, 1.82) is 0 Å². The molecule has 0 saturated heterocycles. The first-order valence-electron chi connectivity index (χ1n) is 8.35. The average molecular weight is 312 g/mol. The minimum atomic E-state index is -0.724. The molecule has 0 aromatic heterocycles. The number of hydrogen-bond donors (Lipinski definition) is 1. The number of ether oxygens (including phenoxy) is 2. The van der Waals surface area contributed by atoms with E-state index in [1.807, 2.05) is 12.2 Å². The third-order valence-electron chi connectivity index (χ3n) is 3.54. The predicted molar refractivity (Wildman–Crippen MR) is 89.9 cm³/mol. The Morgan fingerprint density at radius 1 is 1.05 bits per heavy atom. The zero-order chi connectivity index (χ0) is 16.7. The molecule has 0 aromatic rings. The molecule has 0 heterocycles.